The molecule has 15 N–H and O–H groups in total. The lowest BCUT2D eigenvalue weighted by Crippen LogP contribution is -2.67. The summed E-state index contributed by atoms with van der Waals surface area (Å²) in [5, 5.41) is 100. The van der Waals surface area contributed by atoms with E-state index >= 15 is 0 Å². The van der Waals surface area contributed by atoms with Crippen LogP contribution < -0.4 is 22.1 Å². The molecule has 24 nitrogen and oxygen atoms in total. The lowest BCUT2D eigenvalue weighted by atomic mass is 9.96. The van der Waals surface area contributed by atoms with Crippen LogP contribution in [-0.2, 0) is 42.6 Å². The zero-order valence-electron chi connectivity index (χ0n) is 31.3. The second kappa shape index (κ2) is 24.0. The zero-order chi connectivity index (χ0) is 41.5. The number of rotatable bonds is 21. The first-order valence-corrected chi connectivity index (χ1v) is 18.5. The van der Waals surface area contributed by atoms with Crippen LogP contribution in [0.3, 0.4) is 0 Å². The Morgan fingerprint density at radius 1 is 0.643 bits per heavy atom. The molecule has 3 rings (SSSR count). The third-order valence-corrected chi connectivity index (χ3v) is 9.27. The molecule has 0 saturated carbocycles. The predicted octanol–water partition coefficient (Wildman–Crippen LogP) is -6.60. The number of alkyl carbamates (subject to hydrolysis) is 2. The average Bonchev–Trinajstić information content (AvgIpc) is 3.20. The van der Waals surface area contributed by atoms with Gasteiger partial charge in [0.1, 0.15) is 73.8 Å². The van der Waals surface area contributed by atoms with Gasteiger partial charge < -0.3 is 111 Å². The molecule has 24 heteroatoms. The van der Waals surface area contributed by atoms with E-state index < -0.39 is 136 Å². The first-order chi connectivity index (χ1) is 26.8. The molecule has 0 aromatic carbocycles. The van der Waals surface area contributed by atoms with Crippen LogP contribution >= 0.6 is 0 Å². The Bertz CT molecular complexity index is 1150. The first kappa shape index (κ1) is 48.2. The van der Waals surface area contributed by atoms with Crippen molar-refractivity contribution in [2.24, 2.45) is 11.5 Å². The minimum atomic E-state index is -2.04. The SMILES string of the molecule is CCC(CO)OCC(CC)O[C@@H]1OC(CO)[C@H](O[C@@H]2OC(CO)[C@H](O[C@@H]3OC(COC(=O)NCCN)[C@H](O)[C@H](O)C3O)[C@H](O)C2O)[C@H](OC(=O)NCCN)C1O. The number of nitrogens with two attached hydrogens (primary N) is 2. The molecule has 3 fully saturated rings. The number of carbonyl (C=O) groups excluding carboxylic acids is 2. The highest BCUT2D eigenvalue weighted by Gasteiger charge is 2.55. The average molecular weight is 821 g/mol. The molecule has 17 atom stereocenters. The maximum atomic E-state index is 12.7. The van der Waals surface area contributed by atoms with Gasteiger partial charge in [0.2, 0.25) is 0 Å². The molecule has 3 saturated heterocycles. The molecule has 3 aliphatic heterocycles. The fourth-order valence-electron chi connectivity index (χ4n) is 5.97. The topological polar surface area (TPSA) is 375 Å². The van der Waals surface area contributed by atoms with Crippen LogP contribution in [0.25, 0.3) is 0 Å². The van der Waals surface area contributed by atoms with Crippen LogP contribution in [0.15, 0.2) is 0 Å². The predicted molar refractivity (Wildman–Crippen MR) is 184 cm³/mol. The standard InChI is InChI=1S/C32H60N4O20/c1-3-14(9-37)48-12-15(4-2)50-30-24(45)27(56-32(47)36-8-6-34)26(17(11-39)52-30)55-29-23(44)21(42)25(16(10-38)51-29)54-28-22(43)20(41)19(40)18(53-28)13-49-31(46)35-7-5-33/h14-30,37-45H,3-13,33-34H2,1-2H3,(H,35,46)(H,36,47)/t14?,15?,16?,17?,18?,19-,20-,21+,22?,23?,24?,25-,26-,27+,28-,29-,30+/m0/s1. The molecular weight excluding hydrogens is 760 g/mol. The highest BCUT2D eigenvalue weighted by molar-refractivity contribution is 5.67. The number of hydrogen-bond acceptors (Lipinski definition) is 22. The van der Waals surface area contributed by atoms with Gasteiger partial charge >= 0.3 is 12.2 Å². The van der Waals surface area contributed by atoms with Crippen molar-refractivity contribution in [3.63, 3.8) is 0 Å². The molecule has 3 heterocycles. The summed E-state index contributed by atoms with van der Waals surface area (Å²) in [6.07, 6.45) is -28.4. The van der Waals surface area contributed by atoms with Gasteiger partial charge in [-0.3, -0.25) is 0 Å². The summed E-state index contributed by atoms with van der Waals surface area (Å²) in [5.74, 6) is 0. The molecular formula is C32H60N4O20. The van der Waals surface area contributed by atoms with E-state index in [9.17, 15) is 55.5 Å². The number of aliphatic hydroxyl groups is 9. The van der Waals surface area contributed by atoms with E-state index in [-0.39, 0.29) is 39.4 Å². The van der Waals surface area contributed by atoms with Gasteiger partial charge in [0.05, 0.1) is 38.6 Å². The molecule has 8 unspecified atom stereocenters. The van der Waals surface area contributed by atoms with Gasteiger partial charge in [-0.1, -0.05) is 13.8 Å². The van der Waals surface area contributed by atoms with E-state index in [2.05, 4.69) is 10.6 Å². The van der Waals surface area contributed by atoms with Crippen LogP contribution in [0.5, 0.6) is 0 Å². The van der Waals surface area contributed by atoms with E-state index in [0.717, 1.165) is 0 Å². The molecule has 0 spiro atoms. The van der Waals surface area contributed by atoms with Crippen LogP contribution in [0.1, 0.15) is 26.7 Å². The highest BCUT2D eigenvalue weighted by Crippen LogP contribution is 2.34. The van der Waals surface area contributed by atoms with Crippen molar-refractivity contribution < 1.29 is 98.2 Å². The van der Waals surface area contributed by atoms with Gasteiger partial charge in [0.25, 0.3) is 0 Å². The molecule has 0 aliphatic carbocycles. The Morgan fingerprint density at radius 2 is 1.18 bits per heavy atom. The Kier molecular flexibility index (Phi) is 20.7. The summed E-state index contributed by atoms with van der Waals surface area (Å²) in [7, 11) is 0. The van der Waals surface area contributed by atoms with E-state index in [1.807, 2.05) is 6.92 Å². The van der Waals surface area contributed by atoms with Crippen molar-refractivity contribution in [3.8, 4) is 0 Å². The Balaban J connectivity index is 1.78. The van der Waals surface area contributed by atoms with Gasteiger partial charge in [-0.2, -0.15) is 0 Å². The van der Waals surface area contributed by atoms with E-state index in [0.29, 0.717) is 12.8 Å². The Hall–Kier alpha value is -2.18. The molecule has 0 aromatic rings. The van der Waals surface area contributed by atoms with E-state index in [1.165, 1.54) is 0 Å². The fourth-order valence-corrected chi connectivity index (χ4v) is 5.97. The number of hydrogen-bond donors (Lipinski definition) is 13. The molecule has 0 radical (unpaired) electrons. The van der Waals surface area contributed by atoms with Crippen molar-refractivity contribution in [3.05, 3.63) is 0 Å². The lowest BCUT2D eigenvalue weighted by molar-refractivity contribution is -0.380. The quantitative estimate of drug-likeness (QED) is 0.0512. The number of ether oxygens (including phenoxy) is 9. The van der Waals surface area contributed by atoms with Crippen molar-refractivity contribution in [1.82, 2.24) is 10.6 Å². The second-order valence-corrected chi connectivity index (χ2v) is 13.3. The third-order valence-electron chi connectivity index (χ3n) is 9.27. The third kappa shape index (κ3) is 12.9. The van der Waals surface area contributed by atoms with E-state index in [4.69, 9.17) is 54.1 Å². The zero-order valence-corrected chi connectivity index (χ0v) is 31.3. The minimum Gasteiger partial charge on any atom is -0.447 e. The van der Waals surface area contributed by atoms with Crippen molar-refractivity contribution in [2.45, 2.75) is 131 Å². The fraction of sp³-hybridized carbons (Fsp3) is 0.938. The van der Waals surface area contributed by atoms with Gasteiger partial charge in [-0.25, -0.2) is 9.59 Å². The first-order valence-electron chi connectivity index (χ1n) is 18.5. The maximum absolute atomic E-state index is 12.7. The second-order valence-electron chi connectivity index (χ2n) is 13.3. The molecule has 0 aromatic heterocycles. The normalized spacial score (nSPS) is 37.3. The number of amides is 2. The summed E-state index contributed by atoms with van der Waals surface area (Å²) in [4.78, 5) is 24.6. The minimum absolute atomic E-state index is 0.0105. The van der Waals surface area contributed by atoms with Crippen molar-refractivity contribution in [1.29, 1.82) is 0 Å². The molecule has 328 valence electrons. The largest absolute Gasteiger partial charge is 0.447 e. The number of carbonyl (C=O) groups is 2. The monoisotopic (exact) mass is 820 g/mol. The summed E-state index contributed by atoms with van der Waals surface area (Å²) in [6.45, 7) is 1.21. The van der Waals surface area contributed by atoms with Gasteiger partial charge in [-0.15, -0.1) is 0 Å². The van der Waals surface area contributed by atoms with Crippen LogP contribution in [0, 0.1) is 0 Å². The van der Waals surface area contributed by atoms with Gasteiger partial charge in [0.15, 0.2) is 25.0 Å². The van der Waals surface area contributed by atoms with Crippen LogP contribution in [0.2, 0.25) is 0 Å². The van der Waals surface area contributed by atoms with E-state index in [1.54, 1.807) is 6.92 Å². The smallest absolute Gasteiger partial charge is 0.407 e. The molecule has 56 heavy (non-hydrogen) atoms. The Labute approximate surface area is 322 Å². The summed E-state index contributed by atoms with van der Waals surface area (Å²) < 4.78 is 50.7. The van der Waals surface area contributed by atoms with Crippen LogP contribution in [0.4, 0.5) is 9.59 Å². The number of aliphatic hydroxyl groups excluding tert-OH is 9. The molecule has 2 amide bonds. The van der Waals surface area contributed by atoms with Crippen LogP contribution in [-0.4, -0.2) is 222 Å². The van der Waals surface area contributed by atoms with Gasteiger partial charge in [0, 0.05) is 26.2 Å². The highest BCUT2D eigenvalue weighted by atomic mass is 16.8. The number of nitrogens with one attached hydrogen (secondary N) is 2. The summed E-state index contributed by atoms with van der Waals surface area (Å²) in [5.41, 5.74) is 10.8. The maximum Gasteiger partial charge on any atom is 0.407 e. The molecule has 0 bridgehead atoms. The Morgan fingerprint density at radius 3 is 1.75 bits per heavy atom. The van der Waals surface area contributed by atoms with Crippen molar-refractivity contribution >= 4 is 12.2 Å². The molecule has 3 aliphatic rings. The summed E-state index contributed by atoms with van der Waals surface area (Å²) in [6, 6.07) is 0. The summed E-state index contributed by atoms with van der Waals surface area (Å²) >= 11 is 0. The van der Waals surface area contributed by atoms with Gasteiger partial charge in [-0.05, 0) is 12.8 Å². The van der Waals surface area contributed by atoms with Crippen molar-refractivity contribution in [2.75, 3.05) is 59.2 Å². The lowest BCUT2D eigenvalue weighted by Gasteiger charge is -2.48.